The van der Waals surface area contributed by atoms with Crippen molar-refractivity contribution in [2.24, 2.45) is 0 Å². The predicted molar refractivity (Wildman–Crippen MR) is 69.1 cm³/mol. The van der Waals surface area contributed by atoms with Gasteiger partial charge in [-0.3, -0.25) is 9.69 Å². The largest absolute Gasteiger partial charge is 0.450 e. The number of piperidine rings is 1. The third-order valence-electron chi connectivity index (χ3n) is 4.47. The van der Waals surface area contributed by atoms with Crippen molar-refractivity contribution < 1.29 is 23.8 Å². The lowest BCUT2D eigenvalue weighted by Gasteiger charge is -2.43. The van der Waals surface area contributed by atoms with E-state index in [0.717, 1.165) is 12.8 Å². The van der Waals surface area contributed by atoms with E-state index in [-0.39, 0.29) is 30.6 Å². The number of nitrogens with zero attached hydrogens (tertiary/aromatic N) is 1. The number of ether oxygens (including phenoxy) is 3. The van der Waals surface area contributed by atoms with Gasteiger partial charge in [0.1, 0.15) is 0 Å². The van der Waals surface area contributed by atoms with Crippen LogP contribution in [0, 0.1) is 0 Å². The molecule has 6 heteroatoms. The summed E-state index contributed by atoms with van der Waals surface area (Å²) in [6, 6.07) is -0.320. The van der Waals surface area contributed by atoms with Gasteiger partial charge in [0.15, 0.2) is 17.2 Å². The highest BCUT2D eigenvalue weighted by atomic mass is 16.8. The molecule has 3 saturated heterocycles. The predicted octanol–water partition coefficient (Wildman–Crippen LogP) is 1.47. The average Bonchev–Trinajstić information content (AvgIpc) is 2.87. The number of fused-ring (bicyclic) bond motifs is 3. The molecule has 0 unspecified atom stereocenters. The van der Waals surface area contributed by atoms with Gasteiger partial charge in [0.25, 0.3) is 0 Å². The molecule has 3 rings (SSSR count). The molecule has 0 aromatic carbocycles. The molecule has 1 amide bonds. The molecule has 0 saturated carbocycles. The Hall–Kier alpha value is -1.14. The number of amides is 1. The number of Topliss-reactive ketones (excluding diaryl/α,β-unsaturated/α-hetero) is 1. The molecule has 112 valence electrons. The number of ketones is 1. The van der Waals surface area contributed by atoms with E-state index >= 15 is 0 Å². The monoisotopic (exact) mass is 283 g/mol. The maximum atomic E-state index is 12.5. The van der Waals surface area contributed by atoms with Gasteiger partial charge in [0.05, 0.1) is 19.3 Å². The minimum Gasteiger partial charge on any atom is -0.450 e. The second kappa shape index (κ2) is 4.43. The lowest BCUT2D eigenvalue weighted by Crippen LogP contribution is -2.64. The Morgan fingerprint density at radius 3 is 2.80 bits per heavy atom. The highest BCUT2D eigenvalue weighted by molar-refractivity contribution is 5.92. The summed E-state index contributed by atoms with van der Waals surface area (Å²) < 4.78 is 16.7. The molecule has 0 radical (unpaired) electrons. The zero-order chi connectivity index (χ0) is 14.5. The van der Waals surface area contributed by atoms with Crippen LogP contribution in [0.5, 0.6) is 0 Å². The molecule has 3 heterocycles. The van der Waals surface area contributed by atoms with Crippen molar-refractivity contribution >= 4 is 11.9 Å². The van der Waals surface area contributed by atoms with Crippen molar-refractivity contribution in [1.82, 2.24) is 4.90 Å². The summed E-state index contributed by atoms with van der Waals surface area (Å²) in [4.78, 5) is 26.4. The van der Waals surface area contributed by atoms with E-state index in [1.807, 2.05) is 0 Å². The molecule has 1 spiro atoms. The van der Waals surface area contributed by atoms with Gasteiger partial charge >= 0.3 is 6.09 Å². The summed E-state index contributed by atoms with van der Waals surface area (Å²) in [5.74, 6) is -0.734. The lowest BCUT2D eigenvalue weighted by atomic mass is 9.85. The Morgan fingerprint density at radius 2 is 2.20 bits per heavy atom. The molecule has 0 N–H and O–H groups in total. The van der Waals surface area contributed by atoms with Crippen LogP contribution < -0.4 is 0 Å². The Morgan fingerprint density at radius 1 is 1.45 bits per heavy atom. The van der Waals surface area contributed by atoms with E-state index in [2.05, 4.69) is 0 Å². The minimum absolute atomic E-state index is 0.0514. The van der Waals surface area contributed by atoms with Crippen molar-refractivity contribution in [3.05, 3.63) is 0 Å². The quantitative estimate of drug-likeness (QED) is 0.729. The van der Waals surface area contributed by atoms with Crippen LogP contribution in [0.1, 0.15) is 40.0 Å². The van der Waals surface area contributed by atoms with Gasteiger partial charge in [0, 0.05) is 12.5 Å². The van der Waals surface area contributed by atoms with Gasteiger partial charge in [-0.1, -0.05) is 0 Å². The normalized spacial score (nSPS) is 38.5. The first-order valence-corrected chi connectivity index (χ1v) is 7.22. The fourth-order valence-electron chi connectivity index (χ4n) is 3.67. The second-order valence-corrected chi connectivity index (χ2v) is 6.16. The van der Waals surface area contributed by atoms with Crippen molar-refractivity contribution in [3.8, 4) is 0 Å². The van der Waals surface area contributed by atoms with Crippen molar-refractivity contribution in [3.63, 3.8) is 0 Å². The molecule has 20 heavy (non-hydrogen) atoms. The summed E-state index contributed by atoms with van der Waals surface area (Å²) in [6.07, 6.45) is 1.56. The van der Waals surface area contributed by atoms with Gasteiger partial charge in [-0.25, -0.2) is 4.79 Å². The summed E-state index contributed by atoms with van der Waals surface area (Å²) in [5, 5.41) is 0. The van der Waals surface area contributed by atoms with E-state index in [1.165, 1.54) is 0 Å². The third kappa shape index (κ3) is 1.85. The van der Waals surface area contributed by atoms with E-state index < -0.39 is 11.4 Å². The maximum absolute atomic E-state index is 12.5. The van der Waals surface area contributed by atoms with Crippen molar-refractivity contribution in [1.29, 1.82) is 0 Å². The number of hydrogen-bond donors (Lipinski definition) is 0. The Balaban J connectivity index is 1.92. The van der Waals surface area contributed by atoms with E-state index in [9.17, 15) is 9.59 Å². The van der Waals surface area contributed by atoms with Gasteiger partial charge in [-0.15, -0.1) is 0 Å². The molecule has 2 bridgehead atoms. The number of carbonyl (C=O) groups excluding carboxylic acids is 2. The molecule has 3 aliphatic heterocycles. The summed E-state index contributed by atoms with van der Waals surface area (Å²) >= 11 is 0. The summed E-state index contributed by atoms with van der Waals surface area (Å²) in [6.45, 7) is 5.92. The molecule has 0 aromatic heterocycles. The number of rotatable bonds is 1. The Bertz CT molecular complexity index is 449. The van der Waals surface area contributed by atoms with Crippen LogP contribution in [0.3, 0.4) is 0 Å². The maximum Gasteiger partial charge on any atom is 0.410 e. The highest BCUT2D eigenvalue weighted by Gasteiger charge is 2.64. The van der Waals surface area contributed by atoms with Gasteiger partial charge in [0.2, 0.25) is 0 Å². The Labute approximate surface area is 118 Å². The standard InChI is InChI=1S/C14H21NO5/c1-4-18-12(17)15-9-5-6-10(15)14(11(16)7-9)8-19-13(2,3)20-14/h9-10H,4-8H2,1-3H3/t9-,10+,14+/m0/s1. The lowest BCUT2D eigenvalue weighted by molar-refractivity contribution is -0.186. The fourth-order valence-corrected chi connectivity index (χ4v) is 3.67. The zero-order valence-electron chi connectivity index (χ0n) is 12.2. The van der Waals surface area contributed by atoms with E-state index in [1.54, 1.807) is 25.7 Å². The van der Waals surface area contributed by atoms with Gasteiger partial charge in [-0.05, 0) is 33.6 Å². The first kappa shape index (κ1) is 13.8. The average molecular weight is 283 g/mol. The molecule has 3 fully saturated rings. The molecule has 0 aliphatic carbocycles. The van der Waals surface area contributed by atoms with E-state index in [4.69, 9.17) is 14.2 Å². The first-order chi connectivity index (χ1) is 9.39. The van der Waals surface area contributed by atoms with Crippen LogP contribution in [-0.4, -0.2) is 53.5 Å². The third-order valence-corrected chi connectivity index (χ3v) is 4.47. The first-order valence-electron chi connectivity index (χ1n) is 7.22. The summed E-state index contributed by atoms with van der Waals surface area (Å²) in [7, 11) is 0. The molecule has 0 aromatic rings. The fraction of sp³-hybridized carbons (Fsp3) is 0.857. The molecule has 3 atom stereocenters. The van der Waals surface area contributed by atoms with Crippen LogP contribution in [0.25, 0.3) is 0 Å². The Kier molecular flexibility index (Phi) is 3.06. The van der Waals surface area contributed by atoms with E-state index in [0.29, 0.717) is 13.0 Å². The van der Waals surface area contributed by atoms with Gasteiger partial charge in [-0.2, -0.15) is 0 Å². The minimum atomic E-state index is -1.01. The number of carbonyl (C=O) groups is 2. The molecular formula is C14H21NO5. The zero-order valence-corrected chi connectivity index (χ0v) is 12.2. The van der Waals surface area contributed by atoms with Crippen LogP contribution in [0.4, 0.5) is 4.79 Å². The highest BCUT2D eigenvalue weighted by Crippen LogP contribution is 2.47. The molecule has 6 nitrogen and oxygen atoms in total. The van der Waals surface area contributed by atoms with Crippen LogP contribution in [0.15, 0.2) is 0 Å². The number of hydrogen-bond acceptors (Lipinski definition) is 5. The second-order valence-electron chi connectivity index (χ2n) is 6.16. The van der Waals surface area contributed by atoms with Crippen molar-refractivity contribution in [2.45, 2.75) is 63.5 Å². The molecular weight excluding hydrogens is 262 g/mol. The smallest absolute Gasteiger partial charge is 0.410 e. The van der Waals surface area contributed by atoms with Crippen LogP contribution in [-0.2, 0) is 19.0 Å². The summed E-state index contributed by atoms with van der Waals surface area (Å²) in [5.41, 5.74) is -1.01. The van der Waals surface area contributed by atoms with Gasteiger partial charge < -0.3 is 14.2 Å². The SMILES string of the molecule is CCOC(=O)N1[C@H]2CC[C@@H]1[C@]1(COC(C)(C)O1)C(=O)C2. The van der Waals surface area contributed by atoms with Crippen LogP contribution in [0.2, 0.25) is 0 Å². The molecule has 3 aliphatic rings. The topological polar surface area (TPSA) is 65.1 Å². The van der Waals surface area contributed by atoms with Crippen LogP contribution >= 0.6 is 0 Å². The van der Waals surface area contributed by atoms with Crippen molar-refractivity contribution in [2.75, 3.05) is 13.2 Å².